The molecular weight excluding hydrogens is 520 g/mol. The molecule has 0 bridgehead atoms. The fourth-order valence-corrected chi connectivity index (χ4v) is 4.55. The number of nitriles is 1. The van der Waals surface area contributed by atoms with Gasteiger partial charge in [0, 0.05) is 36.5 Å². The Morgan fingerprint density at radius 3 is 2.52 bits per heavy atom. The molecule has 1 N–H and O–H groups in total. The summed E-state index contributed by atoms with van der Waals surface area (Å²) in [7, 11) is 1.36. The Bertz CT molecular complexity index is 1460. The average Bonchev–Trinajstić information content (AvgIpc) is 3.31. The van der Waals surface area contributed by atoms with E-state index in [4.69, 9.17) is 14.7 Å². The number of methoxy groups -OCH3 is 1. The number of carbonyl (C=O) groups is 2. The van der Waals surface area contributed by atoms with E-state index >= 15 is 0 Å². The highest BCUT2D eigenvalue weighted by atomic mass is 19.1. The van der Waals surface area contributed by atoms with Crippen LogP contribution in [0, 0.1) is 23.0 Å². The van der Waals surface area contributed by atoms with Crippen LogP contribution in [0.4, 0.5) is 13.6 Å². The van der Waals surface area contributed by atoms with Crippen molar-refractivity contribution in [2.75, 3.05) is 20.2 Å². The number of nitrogens with zero attached hydrogens (tertiary/aromatic N) is 4. The second-order valence-electron chi connectivity index (χ2n) is 10.6. The first-order chi connectivity index (χ1) is 19.0. The van der Waals surface area contributed by atoms with Crippen LogP contribution in [0.1, 0.15) is 39.2 Å². The first-order valence-electron chi connectivity index (χ1n) is 12.9. The fraction of sp³-hybridized carbons (Fsp3) is 0.379. The summed E-state index contributed by atoms with van der Waals surface area (Å²) in [5.41, 5.74) is 0.874. The highest BCUT2D eigenvalue weighted by molar-refractivity contribution is 5.82. The Labute approximate surface area is 231 Å². The van der Waals surface area contributed by atoms with Crippen molar-refractivity contribution in [1.82, 2.24) is 20.0 Å². The maximum Gasteiger partial charge on any atom is 0.407 e. The summed E-state index contributed by atoms with van der Waals surface area (Å²) in [6.45, 7) is 6.07. The number of halogens is 2. The maximum absolute atomic E-state index is 14.6. The maximum atomic E-state index is 14.6. The van der Waals surface area contributed by atoms with Crippen molar-refractivity contribution in [3.05, 3.63) is 59.8 Å². The van der Waals surface area contributed by atoms with Gasteiger partial charge < -0.3 is 19.7 Å². The van der Waals surface area contributed by atoms with Gasteiger partial charge in [-0.3, -0.25) is 9.48 Å². The van der Waals surface area contributed by atoms with Gasteiger partial charge in [0.1, 0.15) is 29.7 Å². The lowest BCUT2D eigenvalue weighted by atomic mass is 10.0. The van der Waals surface area contributed by atoms with Gasteiger partial charge in [-0.1, -0.05) is 12.1 Å². The Balaban J connectivity index is 1.58. The highest BCUT2D eigenvalue weighted by Crippen LogP contribution is 2.34. The van der Waals surface area contributed by atoms with Gasteiger partial charge in [-0.05, 0) is 63.4 Å². The van der Waals surface area contributed by atoms with Crippen molar-refractivity contribution in [2.45, 2.75) is 51.8 Å². The summed E-state index contributed by atoms with van der Waals surface area (Å²) in [6.07, 6.45) is 2.49. The molecule has 1 saturated heterocycles. The van der Waals surface area contributed by atoms with Crippen LogP contribution in [-0.4, -0.2) is 58.5 Å². The lowest BCUT2D eigenvalue weighted by Crippen LogP contribution is -2.51. The van der Waals surface area contributed by atoms with E-state index in [0.29, 0.717) is 48.3 Å². The molecule has 0 unspecified atom stereocenters. The Hall–Kier alpha value is -4.46. The smallest absolute Gasteiger partial charge is 0.407 e. The number of benzene rings is 2. The predicted octanol–water partition coefficient (Wildman–Crippen LogP) is 4.89. The number of nitrogens with one attached hydrogen (secondary N) is 1. The molecular formula is C29H31F2N5O4. The zero-order chi connectivity index (χ0) is 29.0. The molecule has 3 aromatic rings. The van der Waals surface area contributed by atoms with Gasteiger partial charge in [0.15, 0.2) is 11.6 Å². The average molecular weight is 552 g/mol. The van der Waals surface area contributed by atoms with Gasteiger partial charge in [-0.25, -0.2) is 13.6 Å². The van der Waals surface area contributed by atoms with Gasteiger partial charge in [0.2, 0.25) is 5.91 Å². The molecule has 2 amide bonds. The molecule has 4 rings (SSSR count). The lowest BCUT2D eigenvalue weighted by molar-refractivity contribution is -0.133. The van der Waals surface area contributed by atoms with Crippen molar-refractivity contribution in [3.8, 4) is 34.2 Å². The number of hydrogen-bond donors (Lipinski definition) is 1. The van der Waals surface area contributed by atoms with Crippen molar-refractivity contribution < 1.29 is 27.8 Å². The lowest BCUT2D eigenvalue weighted by Gasteiger charge is -2.33. The van der Waals surface area contributed by atoms with Gasteiger partial charge >= 0.3 is 6.09 Å². The van der Waals surface area contributed by atoms with Crippen molar-refractivity contribution in [1.29, 1.82) is 5.26 Å². The Kier molecular flexibility index (Phi) is 8.38. The van der Waals surface area contributed by atoms with Gasteiger partial charge in [0.25, 0.3) is 0 Å². The molecule has 210 valence electrons. The zero-order valence-electron chi connectivity index (χ0n) is 22.8. The number of amides is 2. The number of likely N-dealkylation sites (tertiary alicyclic amines) is 1. The van der Waals surface area contributed by atoms with Crippen LogP contribution in [0.25, 0.3) is 22.4 Å². The summed E-state index contributed by atoms with van der Waals surface area (Å²) in [5, 5.41) is 16.5. The topological polar surface area (TPSA) is 109 Å². The van der Waals surface area contributed by atoms with E-state index in [0.717, 1.165) is 0 Å². The number of aromatic nitrogens is 2. The van der Waals surface area contributed by atoms with Gasteiger partial charge in [0.05, 0.1) is 12.7 Å². The van der Waals surface area contributed by atoms with Crippen LogP contribution in [-0.2, 0) is 16.1 Å². The fourth-order valence-electron chi connectivity index (χ4n) is 4.55. The van der Waals surface area contributed by atoms with Crippen LogP contribution in [0.2, 0.25) is 0 Å². The van der Waals surface area contributed by atoms with E-state index in [9.17, 15) is 18.4 Å². The SMILES string of the molecule is COc1ccc(-c2cn(CC(=O)N3CCC[C@@H](NC(=O)OC(C)(C)C)C3)nc2-c2ccc(C#N)c(F)c2)cc1F. The standard InChI is InChI=1S/C29H31F2N5O4/c1-29(2,3)40-28(38)33-21-6-5-11-35(15-21)26(37)17-36-16-22(18-9-10-25(39-4)24(31)12-18)27(34-36)19-7-8-20(14-32)23(30)13-19/h7-10,12-13,16,21H,5-6,11,15,17H2,1-4H3,(H,33,38)/t21-/m1/s1. The molecule has 1 aliphatic heterocycles. The van der Waals surface area contributed by atoms with Crippen molar-refractivity contribution >= 4 is 12.0 Å². The minimum absolute atomic E-state index is 0.0666. The third-order valence-electron chi connectivity index (χ3n) is 6.38. The quantitative estimate of drug-likeness (QED) is 0.467. The van der Waals surface area contributed by atoms with E-state index in [-0.39, 0.29) is 29.8 Å². The molecule has 1 atom stereocenters. The minimum atomic E-state index is -0.714. The number of ether oxygens (including phenoxy) is 2. The summed E-state index contributed by atoms with van der Waals surface area (Å²) >= 11 is 0. The van der Waals surface area contributed by atoms with Crippen LogP contribution in [0.3, 0.4) is 0 Å². The largest absolute Gasteiger partial charge is 0.494 e. The molecule has 11 heteroatoms. The molecule has 40 heavy (non-hydrogen) atoms. The van der Waals surface area contributed by atoms with Crippen molar-refractivity contribution in [3.63, 3.8) is 0 Å². The number of alkyl carbamates (subject to hydrolysis) is 1. The van der Waals surface area contributed by atoms with E-state index in [2.05, 4.69) is 10.4 Å². The molecule has 1 fully saturated rings. The molecule has 9 nitrogen and oxygen atoms in total. The monoisotopic (exact) mass is 551 g/mol. The second kappa shape index (κ2) is 11.7. The predicted molar refractivity (Wildman–Crippen MR) is 143 cm³/mol. The molecule has 0 aliphatic carbocycles. The first kappa shape index (κ1) is 28.5. The summed E-state index contributed by atoms with van der Waals surface area (Å²) in [4.78, 5) is 27.1. The molecule has 0 saturated carbocycles. The van der Waals surface area contributed by atoms with Gasteiger partial charge in [-0.2, -0.15) is 10.4 Å². The summed E-state index contributed by atoms with van der Waals surface area (Å²) in [6, 6.07) is 10.0. The van der Waals surface area contributed by atoms with Crippen LogP contribution in [0.15, 0.2) is 42.6 Å². The summed E-state index contributed by atoms with van der Waals surface area (Å²) < 4.78 is 40.8. The van der Waals surface area contributed by atoms with E-state index < -0.39 is 23.3 Å². The third kappa shape index (κ3) is 6.75. The molecule has 0 spiro atoms. The molecule has 1 aliphatic rings. The highest BCUT2D eigenvalue weighted by Gasteiger charge is 2.27. The number of piperidine rings is 1. The molecule has 2 heterocycles. The van der Waals surface area contributed by atoms with E-state index in [1.807, 2.05) is 0 Å². The Morgan fingerprint density at radius 1 is 1.15 bits per heavy atom. The van der Waals surface area contributed by atoms with Gasteiger partial charge in [-0.15, -0.1) is 0 Å². The minimum Gasteiger partial charge on any atom is -0.494 e. The van der Waals surface area contributed by atoms with Crippen molar-refractivity contribution in [2.24, 2.45) is 0 Å². The first-order valence-corrected chi connectivity index (χ1v) is 12.9. The van der Waals surface area contributed by atoms with Crippen LogP contribution < -0.4 is 10.1 Å². The third-order valence-corrected chi connectivity index (χ3v) is 6.38. The number of rotatable bonds is 6. The molecule has 1 aromatic heterocycles. The van der Waals surface area contributed by atoms with E-state index in [1.165, 1.54) is 36.1 Å². The zero-order valence-corrected chi connectivity index (χ0v) is 22.8. The molecule has 0 radical (unpaired) electrons. The molecule has 2 aromatic carbocycles. The summed E-state index contributed by atoms with van der Waals surface area (Å²) in [5.74, 6) is -1.45. The Morgan fingerprint density at radius 2 is 1.88 bits per heavy atom. The normalized spacial score (nSPS) is 15.3. The van der Waals surface area contributed by atoms with Crippen LogP contribution >= 0.6 is 0 Å². The van der Waals surface area contributed by atoms with Crippen LogP contribution in [0.5, 0.6) is 5.75 Å². The second-order valence-corrected chi connectivity index (χ2v) is 10.6. The number of carbonyl (C=O) groups excluding carboxylic acids is 2. The van der Waals surface area contributed by atoms with E-state index in [1.54, 1.807) is 50.1 Å². The number of hydrogen-bond acceptors (Lipinski definition) is 6.